The van der Waals surface area contributed by atoms with E-state index in [1.807, 2.05) is 0 Å². The van der Waals surface area contributed by atoms with Crippen LogP contribution in [0.15, 0.2) is 23.4 Å². The Balaban J connectivity index is 3.05. The first kappa shape index (κ1) is 8.39. The maximum atomic E-state index is 8.25. The molecule has 0 aliphatic heterocycles. The van der Waals surface area contributed by atoms with Gasteiger partial charge in [0, 0.05) is 0 Å². The average Bonchev–Trinajstić information content (AvgIpc) is 2.09. The van der Waals surface area contributed by atoms with Gasteiger partial charge in [-0.3, -0.25) is 0 Å². The van der Waals surface area contributed by atoms with Gasteiger partial charge in [0.25, 0.3) is 0 Å². The number of nitrogens with zero attached hydrogens (tertiary/aromatic N) is 1. The molecule has 64 valence electrons. The molecule has 3 N–H and O–H groups in total. The fourth-order valence-corrected chi connectivity index (χ4v) is 0.875. The molecule has 0 saturated carbocycles. The standard InChI is InChI=1S/C8H10N2O2/c1-12-8-4-6(5-10-11)2-3-7(8)9/h2-5,11H,9H2,1H3/b10-5+. The van der Waals surface area contributed by atoms with E-state index in [1.54, 1.807) is 18.2 Å². The SMILES string of the molecule is COc1cc(/C=N/O)ccc1N. The highest BCUT2D eigenvalue weighted by Gasteiger charge is 1.98. The summed E-state index contributed by atoms with van der Waals surface area (Å²) in [5.41, 5.74) is 6.87. The van der Waals surface area contributed by atoms with E-state index in [-0.39, 0.29) is 0 Å². The van der Waals surface area contributed by atoms with Gasteiger partial charge in [-0.15, -0.1) is 0 Å². The lowest BCUT2D eigenvalue weighted by Crippen LogP contribution is -1.93. The zero-order valence-corrected chi connectivity index (χ0v) is 6.69. The number of hydrogen-bond donors (Lipinski definition) is 2. The molecular weight excluding hydrogens is 156 g/mol. The van der Waals surface area contributed by atoms with Crippen molar-refractivity contribution in [3.63, 3.8) is 0 Å². The summed E-state index contributed by atoms with van der Waals surface area (Å²) in [5, 5.41) is 11.1. The molecule has 0 heterocycles. The van der Waals surface area contributed by atoms with E-state index in [2.05, 4.69) is 5.16 Å². The van der Waals surface area contributed by atoms with Gasteiger partial charge >= 0.3 is 0 Å². The lowest BCUT2D eigenvalue weighted by Gasteiger charge is -2.03. The Bertz CT molecular complexity index is 297. The van der Waals surface area contributed by atoms with Crippen LogP contribution in [-0.2, 0) is 0 Å². The number of nitrogens with two attached hydrogens (primary N) is 1. The Morgan fingerprint density at radius 2 is 2.33 bits per heavy atom. The van der Waals surface area contributed by atoms with Crippen LogP contribution in [0.5, 0.6) is 5.75 Å². The third-order valence-corrected chi connectivity index (χ3v) is 1.46. The molecule has 0 bridgehead atoms. The molecule has 0 radical (unpaired) electrons. The highest BCUT2D eigenvalue weighted by Crippen LogP contribution is 2.20. The first-order valence-electron chi connectivity index (χ1n) is 3.39. The predicted octanol–water partition coefficient (Wildman–Crippen LogP) is 1.09. The maximum Gasteiger partial charge on any atom is 0.142 e. The van der Waals surface area contributed by atoms with Gasteiger partial charge < -0.3 is 15.7 Å². The molecular formula is C8H10N2O2. The number of nitrogen functional groups attached to an aromatic ring is 1. The van der Waals surface area contributed by atoms with Crippen LogP contribution >= 0.6 is 0 Å². The zero-order chi connectivity index (χ0) is 8.97. The van der Waals surface area contributed by atoms with Crippen molar-refractivity contribution in [2.24, 2.45) is 5.16 Å². The molecule has 1 aromatic carbocycles. The number of methoxy groups -OCH3 is 1. The minimum Gasteiger partial charge on any atom is -0.495 e. The van der Waals surface area contributed by atoms with Crippen molar-refractivity contribution in [2.45, 2.75) is 0 Å². The molecule has 0 amide bonds. The second-order valence-corrected chi connectivity index (χ2v) is 2.25. The Kier molecular flexibility index (Phi) is 2.53. The highest BCUT2D eigenvalue weighted by molar-refractivity contribution is 5.81. The van der Waals surface area contributed by atoms with E-state index in [1.165, 1.54) is 13.3 Å². The van der Waals surface area contributed by atoms with E-state index < -0.39 is 0 Å². The van der Waals surface area contributed by atoms with Crippen LogP contribution in [-0.4, -0.2) is 18.5 Å². The summed E-state index contributed by atoms with van der Waals surface area (Å²) in [4.78, 5) is 0. The smallest absolute Gasteiger partial charge is 0.142 e. The summed E-state index contributed by atoms with van der Waals surface area (Å²) in [6.45, 7) is 0. The third-order valence-electron chi connectivity index (χ3n) is 1.46. The van der Waals surface area contributed by atoms with Crippen molar-refractivity contribution in [1.29, 1.82) is 0 Å². The van der Waals surface area contributed by atoms with Gasteiger partial charge in [0.05, 0.1) is 19.0 Å². The van der Waals surface area contributed by atoms with Gasteiger partial charge in [-0.05, 0) is 17.7 Å². The summed E-state index contributed by atoms with van der Waals surface area (Å²) in [7, 11) is 1.53. The number of ether oxygens (including phenoxy) is 1. The molecule has 0 aromatic heterocycles. The second kappa shape index (κ2) is 3.61. The Morgan fingerprint density at radius 3 is 2.92 bits per heavy atom. The zero-order valence-electron chi connectivity index (χ0n) is 6.69. The van der Waals surface area contributed by atoms with Crippen LogP contribution < -0.4 is 10.5 Å². The van der Waals surface area contributed by atoms with Crippen molar-refractivity contribution < 1.29 is 9.94 Å². The highest BCUT2D eigenvalue weighted by atomic mass is 16.5. The van der Waals surface area contributed by atoms with Crippen molar-refractivity contribution in [2.75, 3.05) is 12.8 Å². The summed E-state index contributed by atoms with van der Waals surface area (Å²) < 4.78 is 4.96. The molecule has 0 unspecified atom stereocenters. The van der Waals surface area contributed by atoms with Crippen molar-refractivity contribution in [3.8, 4) is 5.75 Å². The first-order valence-corrected chi connectivity index (χ1v) is 3.39. The van der Waals surface area contributed by atoms with Crippen LogP contribution in [0, 0.1) is 0 Å². The number of anilines is 1. The summed E-state index contributed by atoms with van der Waals surface area (Å²) in [6.07, 6.45) is 1.31. The molecule has 1 aromatic rings. The summed E-state index contributed by atoms with van der Waals surface area (Å²) >= 11 is 0. The van der Waals surface area contributed by atoms with E-state index in [0.29, 0.717) is 11.4 Å². The molecule has 0 fully saturated rings. The van der Waals surface area contributed by atoms with Gasteiger partial charge in [-0.25, -0.2) is 0 Å². The van der Waals surface area contributed by atoms with Crippen LogP contribution in [0.3, 0.4) is 0 Å². The topological polar surface area (TPSA) is 67.8 Å². The molecule has 0 aliphatic carbocycles. The number of rotatable bonds is 2. The van der Waals surface area contributed by atoms with Crippen molar-refractivity contribution >= 4 is 11.9 Å². The van der Waals surface area contributed by atoms with Crippen molar-refractivity contribution in [1.82, 2.24) is 0 Å². The lowest BCUT2D eigenvalue weighted by molar-refractivity contribution is 0.322. The van der Waals surface area contributed by atoms with Crippen LogP contribution in [0.25, 0.3) is 0 Å². The first-order chi connectivity index (χ1) is 5.77. The summed E-state index contributed by atoms with van der Waals surface area (Å²) in [6, 6.07) is 5.11. The molecule has 0 aliphatic rings. The molecule has 12 heavy (non-hydrogen) atoms. The Labute approximate surface area is 70.3 Å². The quantitative estimate of drug-likeness (QED) is 0.299. The normalized spacial score (nSPS) is 10.4. The molecule has 0 spiro atoms. The summed E-state index contributed by atoms with van der Waals surface area (Å²) in [5.74, 6) is 0.576. The molecule has 4 nitrogen and oxygen atoms in total. The Morgan fingerprint density at radius 1 is 1.58 bits per heavy atom. The fraction of sp³-hybridized carbons (Fsp3) is 0.125. The monoisotopic (exact) mass is 166 g/mol. The molecule has 0 atom stereocenters. The van der Waals surface area contributed by atoms with E-state index in [9.17, 15) is 0 Å². The second-order valence-electron chi connectivity index (χ2n) is 2.25. The van der Waals surface area contributed by atoms with Gasteiger partial charge in [-0.2, -0.15) is 0 Å². The van der Waals surface area contributed by atoms with Crippen LogP contribution in [0.2, 0.25) is 0 Å². The number of hydrogen-bond acceptors (Lipinski definition) is 4. The Hall–Kier alpha value is -1.71. The average molecular weight is 166 g/mol. The fourth-order valence-electron chi connectivity index (χ4n) is 0.875. The van der Waals surface area contributed by atoms with Crippen LogP contribution in [0.4, 0.5) is 5.69 Å². The molecule has 4 heteroatoms. The predicted molar refractivity (Wildman–Crippen MR) is 46.8 cm³/mol. The molecule has 0 saturated heterocycles. The minimum atomic E-state index is 0.563. The number of oxime groups is 1. The largest absolute Gasteiger partial charge is 0.495 e. The number of benzene rings is 1. The maximum absolute atomic E-state index is 8.25. The van der Waals surface area contributed by atoms with Crippen LogP contribution in [0.1, 0.15) is 5.56 Å². The van der Waals surface area contributed by atoms with Gasteiger partial charge in [-0.1, -0.05) is 11.2 Å². The third kappa shape index (κ3) is 1.66. The lowest BCUT2D eigenvalue weighted by atomic mass is 10.2. The minimum absolute atomic E-state index is 0.563. The van der Waals surface area contributed by atoms with Gasteiger partial charge in [0.1, 0.15) is 5.75 Å². The van der Waals surface area contributed by atoms with Gasteiger partial charge in [0.2, 0.25) is 0 Å². The van der Waals surface area contributed by atoms with Gasteiger partial charge in [0.15, 0.2) is 0 Å². The molecule has 1 rings (SSSR count). The van der Waals surface area contributed by atoms with Crippen molar-refractivity contribution in [3.05, 3.63) is 23.8 Å². The van der Waals surface area contributed by atoms with E-state index >= 15 is 0 Å². The van der Waals surface area contributed by atoms with E-state index in [0.717, 1.165) is 5.56 Å². The van der Waals surface area contributed by atoms with E-state index in [4.69, 9.17) is 15.7 Å².